The van der Waals surface area contributed by atoms with Crippen LogP contribution in [0.2, 0.25) is 10.0 Å². The van der Waals surface area contributed by atoms with E-state index in [1.165, 1.54) is 4.90 Å². The van der Waals surface area contributed by atoms with Crippen molar-refractivity contribution in [2.45, 2.75) is 11.3 Å². The van der Waals surface area contributed by atoms with Gasteiger partial charge in [-0.15, -0.1) is 0 Å². The van der Waals surface area contributed by atoms with E-state index in [2.05, 4.69) is 24.3 Å². The van der Waals surface area contributed by atoms with E-state index in [1.807, 2.05) is 42.6 Å². The highest BCUT2D eigenvalue weighted by atomic mass is 35.5. The zero-order valence-electron chi connectivity index (χ0n) is 19.5. The number of carbonyl (C=O) groups excluding carboxylic acids is 2. The fourth-order valence-corrected chi connectivity index (χ4v) is 7.06. The molecule has 4 nitrogen and oxygen atoms in total. The van der Waals surface area contributed by atoms with E-state index >= 15 is 0 Å². The van der Waals surface area contributed by atoms with Gasteiger partial charge in [0.1, 0.15) is 0 Å². The number of benzene rings is 4. The summed E-state index contributed by atoms with van der Waals surface area (Å²) in [5.41, 5.74) is 4.30. The molecule has 1 heterocycles. The third-order valence-corrected chi connectivity index (χ3v) is 8.56. The molecule has 3 aliphatic carbocycles. The van der Waals surface area contributed by atoms with E-state index < -0.39 is 17.3 Å². The lowest BCUT2D eigenvalue weighted by atomic mass is 9.47. The predicted molar refractivity (Wildman–Crippen MR) is 146 cm³/mol. The number of para-hydroxylation sites is 1. The van der Waals surface area contributed by atoms with E-state index in [0.717, 1.165) is 22.3 Å². The second-order valence-corrected chi connectivity index (χ2v) is 10.6. The van der Waals surface area contributed by atoms with Crippen LogP contribution in [0.1, 0.15) is 28.2 Å². The molecule has 0 spiro atoms. The SMILES string of the molecule is O=C1[C@H]2C3c4ccccc4C(C=Nc4cccc(Cl)c4)(c4ccccc43)[C@H]2C(=O)N1c1ccccc1Cl. The Morgan fingerprint density at radius 3 is 2.08 bits per heavy atom. The van der Waals surface area contributed by atoms with Crippen molar-refractivity contribution in [2.24, 2.45) is 16.8 Å². The van der Waals surface area contributed by atoms with Gasteiger partial charge in [-0.2, -0.15) is 0 Å². The highest BCUT2D eigenvalue weighted by molar-refractivity contribution is 6.36. The first-order valence-electron chi connectivity index (χ1n) is 12.1. The zero-order valence-corrected chi connectivity index (χ0v) is 21.0. The second-order valence-electron chi connectivity index (χ2n) is 9.73. The Hall–Kier alpha value is -3.73. The minimum Gasteiger partial charge on any atom is -0.274 e. The van der Waals surface area contributed by atoms with E-state index in [1.54, 1.807) is 36.4 Å². The Bertz CT molecular complexity index is 1600. The normalized spacial score (nSPS) is 25.4. The van der Waals surface area contributed by atoms with Gasteiger partial charge >= 0.3 is 0 Å². The maximum Gasteiger partial charge on any atom is 0.239 e. The molecule has 6 heteroatoms. The summed E-state index contributed by atoms with van der Waals surface area (Å²) in [6.07, 6.45) is 1.87. The Balaban J connectivity index is 1.52. The van der Waals surface area contributed by atoms with Gasteiger partial charge in [-0.3, -0.25) is 14.6 Å². The molecule has 2 bridgehead atoms. The number of anilines is 1. The number of amides is 2. The minimum atomic E-state index is -0.933. The smallest absolute Gasteiger partial charge is 0.239 e. The third-order valence-electron chi connectivity index (χ3n) is 8.00. The van der Waals surface area contributed by atoms with Crippen LogP contribution < -0.4 is 4.90 Å². The van der Waals surface area contributed by atoms with E-state index in [0.29, 0.717) is 21.4 Å². The number of aliphatic imine (C=N–C) groups is 1. The molecular weight excluding hydrogens is 503 g/mol. The molecule has 0 radical (unpaired) electrons. The molecule has 4 aromatic carbocycles. The zero-order chi connectivity index (χ0) is 25.3. The van der Waals surface area contributed by atoms with Gasteiger partial charge in [-0.05, 0) is 52.6 Å². The van der Waals surface area contributed by atoms with Crippen LogP contribution in [0.5, 0.6) is 0 Å². The lowest BCUT2D eigenvalue weighted by Crippen LogP contribution is -2.54. The molecule has 2 atom stereocenters. The van der Waals surface area contributed by atoms with Gasteiger partial charge in [0.05, 0.1) is 33.6 Å². The summed E-state index contributed by atoms with van der Waals surface area (Å²) < 4.78 is 0. The maximum atomic E-state index is 14.3. The summed E-state index contributed by atoms with van der Waals surface area (Å²) in [6.45, 7) is 0. The molecule has 2 amide bonds. The molecule has 8 rings (SSSR count). The monoisotopic (exact) mass is 522 g/mol. The van der Waals surface area contributed by atoms with Gasteiger partial charge in [0.2, 0.25) is 11.8 Å². The minimum absolute atomic E-state index is 0.224. The van der Waals surface area contributed by atoms with Gasteiger partial charge in [-0.1, -0.05) is 89.9 Å². The maximum absolute atomic E-state index is 14.3. The molecule has 1 saturated heterocycles. The molecule has 4 aromatic rings. The number of imide groups is 1. The summed E-state index contributed by atoms with van der Waals surface area (Å²) >= 11 is 12.8. The first-order valence-corrected chi connectivity index (χ1v) is 12.9. The lowest BCUT2D eigenvalue weighted by Gasteiger charge is -2.52. The van der Waals surface area contributed by atoms with Crippen LogP contribution in [-0.2, 0) is 15.0 Å². The quantitative estimate of drug-likeness (QED) is 0.216. The molecule has 37 heavy (non-hydrogen) atoms. The Labute approximate surface area is 224 Å². The number of rotatable bonds is 3. The lowest BCUT2D eigenvalue weighted by molar-refractivity contribution is -0.122. The number of hydrogen-bond donors (Lipinski definition) is 0. The van der Waals surface area contributed by atoms with Crippen LogP contribution in [0.3, 0.4) is 0 Å². The van der Waals surface area contributed by atoms with Crippen molar-refractivity contribution in [3.63, 3.8) is 0 Å². The fourth-order valence-electron chi connectivity index (χ4n) is 6.65. The average Bonchev–Trinajstić information content (AvgIpc) is 3.19. The molecule has 1 fully saturated rings. The highest BCUT2D eigenvalue weighted by Gasteiger charge is 2.68. The van der Waals surface area contributed by atoms with Crippen LogP contribution in [-0.4, -0.2) is 18.0 Å². The molecule has 180 valence electrons. The van der Waals surface area contributed by atoms with Gasteiger partial charge in [-0.25, -0.2) is 4.90 Å². The van der Waals surface area contributed by atoms with Crippen LogP contribution in [0.4, 0.5) is 11.4 Å². The average molecular weight is 523 g/mol. The van der Waals surface area contributed by atoms with Crippen molar-refractivity contribution >= 4 is 52.6 Å². The first kappa shape index (κ1) is 22.5. The van der Waals surface area contributed by atoms with E-state index in [-0.39, 0.29) is 17.7 Å². The van der Waals surface area contributed by atoms with Gasteiger partial charge in [0.15, 0.2) is 0 Å². The van der Waals surface area contributed by atoms with Gasteiger partial charge in [0.25, 0.3) is 0 Å². The van der Waals surface area contributed by atoms with Crippen molar-refractivity contribution in [3.8, 4) is 0 Å². The Kier molecular flexibility index (Phi) is 4.94. The number of hydrogen-bond acceptors (Lipinski definition) is 3. The third kappa shape index (κ3) is 3.00. The van der Waals surface area contributed by atoms with Crippen LogP contribution in [0.25, 0.3) is 0 Å². The molecule has 0 unspecified atom stereocenters. The van der Waals surface area contributed by atoms with Crippen LogP contribution in [0.15, 0.2) is 102 Å². The summed E-state index contributed by atoms with van der Waals surface area (Å²) in [6, 6.07) is 30.5. The number of carbonyl (C=O) groups is 2. The van der Waals surface area contributed by atoms with Crippen molar-refractivity contribution in [3.05, 3.63) is 129 Å². The molecule has 0 N–H and O–H groups in total. The van der Waals surface area contributed by atoms with Crippen molar-refractivity contribution in [1.29, 1.82) is 0 Å². The van der Waals surface area contributed by atoms with Crippen LogP contribution in [0, 0.1) is 11.8 Å². The van der Waals surface area contributed by atoms with Crippen LogP contribution >= 0.6 is 23.2 Å². The molecule has 4 aliphatic rings. The van der Waals surface area contributed by atoms with Crippen molar-refractivity contribution in [2.75, 3.05) is 4.90 Å². The van der Waals surface area contributed by atoms with E-state index in [9.17, 15) is 9.59 Å². The summed E-state index contributed by atoms with van der Waals surface area (Å²) in [5, 5.41) is 0.946. The van der Waals surface area contributed by atoms with Crippen molar-refractivity contribution in [1.82, 2.24) is 0 Å². The molecule has 0 aromatic heterocycles. The number of nitrogens with zero attached hydrogens (tertiary/aromatic N) is 2. The standard InChI is InChI=1S/C31H20Cl2N2O2/c32-18-8-7-9-19(16-18)34-17-31-22-12-3-1-10-20(22)26(21-11-2-4-13-23(21)31)27-28(31)30(37)35(29(27)36)25-15-6-5-14-24(25)33/h1-17,26-28H/t26?,27-,28+,31?/m0/s1. The van der Waals surface area contributed by atoms with Crippen molar-refractivity contribution < 1.29 is 9.59 Å². The van der Waals surface area contributed by atoms with Gasteiger partial charge in [0, 0.05) is 17.2 Å². The molecule has 0 saturated carbocycles. The topological polar surface area (TPSA) is 49.7 Å². The summed E-state index contributed by atoms with van der Waals surface area (Å²) in [4.78, 5) is 34.7. The summed E-state index contributed by atoms with van der Waals surface area (Å²) in [5.74, 6) is -1.94. The Morgan fingerprint density at radius 1 is 0.757 bits per heavy atom. The van der Waals surface area contributed by atoms with Gasteiger partial charge < -0.3 is 0 Å². The molecule has 1 aliphatic heterocycles. The Morgan fingerprint density at radius 2 is 1.41 bits per heavy atom. The molecular formula is C31H20Cl2N2O2. The first-order chi connectivity index (χ1) is 18.0. The number of halogens is 2. The van der Waals surface area contributed by atoms with E-state index in [4.69, 9.17) is 28.2 Å². The summed E-state index contributed by atoms with van der Waals surface area (Å²) in [7, 11) is 0. The predicted octanol–water partition coefficient (Wildman–Crippen LogP) is 6.95. The fraction of sp³-hybridized carbons (Fsp3) is 0.129. The highest BCUT2D eigenvalue weighted by Crippen LogP contribution is 2.64. The largest absolute Gasteiger partial charge is 0.274 e. The second kappa shape index (κ2) is 8.14.